The summed E-state index contributed by atoms with van der Waals surface area (Å²) in [5, 5.41) is 0.574. The smallest absolute Gasteiger partial charge is 0.261 e. The number of benzene rings is 3. The van der Waals surface area contributed by atoms with Gasteiger partial charge in [0.1, 0.15) is 5.82 Å². The number of amides is 1. The van der Waals surface area contributed by atoms with Crippen molar-refractivity contribution in [3.63, 3.8) is 0 Å². The van der Waals surface area contributed by atoms with Crippen molar-refractivity contribution >= 4 is 64.2 Å². The van der Waals surface area contributed by atoms with Gasteiger partial charge in [-0.25, -0.2) is 17.8 Å². The molecular weight excluding hydrogens is 569 g/mol. The van der Waals surface area contributed by atoms with Gasteiger partial charge in [0.05, 0.1) is 27.8 Å². The highest BCUT2D eigenvalue weighted by atomic mass is 79.9. The fourth-order valence-corrected chi connectivity index (χ4v) is 6.49. The first-order valence-corrected chi connectivity index (χ1v) is 14.3. The molecule has 0 radical (unpaired) electrons. The van der Waals surface area contributed by atoms with E-state index in [9.17, 15) is 17.6 Å². The molecule has 0 spiro atoms. The number of halogens is 2. The number of carbonyl (C=O) groups is 1. The largest absolute Gasteiger partial charge is 0.376 e. The molecule has 0 aliphatic carbocycles. The molecule has 11 heteroatoms. The number of carbonyl (C=O) groups excluding carboxylic acids is 1. The van der Waals surface area contributed by atoms with Crippen LogP contribution in [0, 0.1) is 5.82 Å². The maximum Gasteiger partial charge on any atom is 0.261 e. The summed E-state index contributed by atoms with van der Waals surface area (Å²) >= 11 is 4.90. The van der Waals surface area contributed by atoms with Gasteiger partial charge in [0, 0.05) is 22.3 Å². The predicted octanol–water partition coefficient (Wildman–Crippen LogP) is 5.82. The summed E-state index contributed by atoms with van der Waals surface area (Å²) in [5.74, 6) is -0.776. The Hall–Kier alpha value is -2.86. The Morgan fingerprint density at radius 1 is 1.14 bits per heavy atom. The third kappa shape index (κ3) is 5.44. The van der Waals surface area contributed by atoms with Gasteiger partial charge >= 0.3 is 0 Å². The van der Waals surface area contributed by atoms with Gasteiger partial charge in [0.15, 0.2) is 5.13 Å². The van der Waals surface area contributed by atoms with Gasteiger partial charge in [0.2, 0.25) is 0 Å². The van der Waals surface area contributed by atoms with E-state index in [4.69, 9.17) is 4.74 Å². The lowest BCUT2D eigenvalue weighted by Gasteiger charge is -2.23. The van der Waals surface area contributed by atoms with Crippen molar-refractivity contribution in [3.8, 4) is 0 Å². The number of anilines is 2. The minimum Gasteiger partial charge on any atom is -0.376 e. The topological polar surface area (TPSA) is 88.6 Å². The molecule has 1 aromatic heterocycles. The maximum atomic E-state index is 13.6. The Morgan fingerprint density at radius 2 is 1.89 bits per heavy atom. The molecule has 0 bridgehead atoms. The SMILES string of the molecule is O=C(c1ccc(NS(=O)(=O)c2ccc(F)cc2)cc1)N(CC1CCCO1)c1nc2ccc(Br)cc2s1. The number of ether oxygens (including phenoxy) is 1. The second kappa shape index (κ2) is 10.3. The van der Waals surface area contributed by atoms with Gasteiger partial charge in [0.25, 0.3) is 15.9 Å². The average molecular weight is 590 g/mol. The van der Waals surface area contributed by atoms with E-state index in [1.807, 2.05) is 18.2 Å². The molecule has 1 atom stereocenters. The molecule has 1 aliphatic rings. The fourth-order valence-electron chi connectivity index (χ4n) is 3.91. The van der Waals surface area contributed by atoms with Crippen LogP contribution in [0.2, 0.25) is 0 Å². The van der Waals surface area contributed by atoms with Gasteiger partial charge in [-0.15, -0.1) is 0 Å². The first kappa shape index (κ1) is 24.8. The molecule has 36 heavy (non-hydrogen) atoms. The highest BCUT2D eigenvalue weighted by molar-refractivity contribution is 9.10. The number of hydrogen-bond donors (Lipinski definition) is 1. The van der Waals surface area contributed by atoms with E-state index in [1.165, 1.54) is 35.6 Å². The molecule has 4 aromatic rings. The monoisotopic (exact) mass is 589 g/mol. The van der Waals surface area contributed by atoms with E-state index in [1.54, 1.807) is 17.0 Å². The quantitative estimate of drug-likeness (QED) is 0.293. The zero-order chi connectivity index (χ0) is 25.3. The van der Waals surface area contributed by atoms with Gasteiger partial charge in [-0.1, -0.05) is 27.3 Å². The van der Waals surface area contributed by atoms with Crippen molar-refractivity contribution in [3.05, 3.63) is 82.6 Å². The molecule has 5 rings (SSSR count). The van der Waals surface area contributed by atoms with Gasteiger partial charge < -0.3 is 4.74 Å². The molecule has 1 amide bonds. The fraction of sp³-hybridized carbons (Fsp3) is 0.200. The summed E-state index contributed by atoms with van der Waals surface area (Å²) in [7, 11) is -3.90. The zero-order valence-electron chi connectivity index (χ0n) is 18.9. The summed E-state index contributed by atoms with van der Waals surface area (Å²) in [6.07, 6.45) is 1.74. The molecule has 1 unspecified atom stereocenters. The molecule has 7 nitrogen and oxygen atoms in total. The predicted molar refractivity (Wildman–Crippen MR) is 142 cm³/mol. The number of fused-ring (bicyclic) bond motifs is 1. The summed E-state index contributed by atoms with van der Waals surface area (Å²) in [6, 6.07) is 16.5. The van der Waals surface area contributed by atoms with Gasteiger partial charge in [-0.3, -0.25) is 14.4 Å². The van der Waals surface area contributed by atoms with Crippen molar-refractivity contribution in [1.29, 1.82) is 0 Å². The number of nitrogens with zero attached hydrogens (tertiary/aromatic N) is 2. The van der Waals surface area contributed by atoms with E-state index >= 15 is 0 Å². The molecule has 1 aliphatic heterocycles. The first-order chi connectivity index (χ1) is 17.3. The second-order valence-electron chi connectivity index (χ2n) is 8.30. The van der Waals surface area contributed by atoms with Crippen molar-refractivity contribution in [2.75, 3.05) is 22.8 Å². The van der Waals surface area contributed by atoms with Crippen molar-refractivity contribution in [1.82, 2.24) is 4.98 Å². The van der Waals surface area contributed by atoms with E-state index in [2.05, 4.69) is 25.6 Å². The van der Waals surface area contributed by atoms with E-state index in [-0.39, 0.29) is 22.6 Å². The van der Waals surface area contributed by atoms with Gasteiger partial charge in [-0.2, -0.15) is 0 Å². The zero-order valence-corrected chi connectivity index (χ0v) is 22.1. The maximum absolute atomic E-state index is 13.6. The van der Waals surface area contributed by atoms with E-state index < -0.39 is 15.8 Å². The van der Waals surface area contributed by atoms with Crippen LogP contribution in [-0.2, 0) is 14.8 Å². The summed E-state index contributed by atoms with van der Waals surface area (Å²) in [4.78, 5) is 19.8. The number of aromatic nitrogens is 1. The van der Waals surface area contributed by atoms with Crippen LogP contribution in [0.15, 0.2) is 76.1 Å². The van der Waals surface area contributed by atoms with E-state index in [0.29, 0.717) is 23.8 Å². The lowest BCUT2D eigenvalue weighted by atomic mass is 10.1. The van der Waals surface area contributed by atoms with Crippen LogP contribution in [0.4, 0.5) is 15.2 Å². The minimum atomic E-state index is -3.90. The molecule has 3 aromatic carbocycles. The van der Waals surface area contributed by atoms with Crippen LogP contribution in [0.25, 0.3) is 10.2 Å². The first-order valence-electron chi connectivity index (χ1n) is 11.2. The van der Waals surface area contributed by atoms with Crippen LogP contribution in [0.3, 0.4) is 0 Å². The Balaban J connectivity index is 1.39. The summed E-state index contributed by atoms with van der Waals surface area (Å²) < 4.78 is 48.5. The van der Waals surface area contributed by atoms with Crippen LogP contribution in [0.1, 0.15) is 23.2 Å². The summed E-state index contributed by atoms with van der Waals surface area (Å²) in [5.41, 5.74) is 1.47. The molecule has 1 saturated heterocycles. The third-order valence-electron chi connectivity index (χ3n) is 5.73. The Kier molecular flexibility index (Phi) is 7.07. The Morgan fingerprint density at radius 3 is 2.58 bits per heavy atom. The van der Waals surface area contributed by atoms with Crippen molar-refractivity contribution in [2.45, 2.75) is 23.8 Å². The molecule has 0 saturated carbocycles. The summed E-state index contributed by atoms with van der Waals surface area (Å²) in [6.45, 7) is 1.04. The van der Waals surface area contributed by atoms with Crippen LogP contribution < -0.4 is 9.62 Å². The lowest BCUT2D eigenvalue weighted by molar-refractivity contribution is 0.0917. The van der Waals surface area contributed by atoms with E-state index in [0.717, 1.165) is 39.7 Å². The Bertz CT molecular complexity index is 1500. The highest BCUT2D eigenvalue weighted by Gasteiger charge is 2.27. The lowest BCUT2D eigenvalue weighted by Crippen LogP contribution is -2.37. The number of sulfonamides is 1. The molecule has 1 fully saturated rings. The van der Waals surface area contributed by atoms with Crippen LogP contribution in [-0.4, -0.2) is 38.6 Å². The van der Waals surface area contributed by atoms with Crippen molar-refractivity contribution < 1.29 is 22.3 Å². The van der Waals surface area contributed by atoms with Crippen LogP contribution >= 0.6 is 27.3 Å². The molecule has 2 heterocycles. The van der Waals surface area contributed by atoms with Gasteiger partial charge in [-0.05, 0) is 79.6 Å². The normalized spacial score (nSPS) is 15.8. The van der Waals surface area contributed by atoms with Crippen molar-refractivity contribution in [2.24, 2.45) is 0 Å². The number of hydrogen-bond acceptors (Lipinski definition) is 6. The number of rotatable bonds is 7. The minimum absolute atomic E-state index is 0.0609. The molecule has 1 N–H and O–H groups in total. The third-order valence-corrected chi connectivity index (χ3v) is 8.67. The molecule has 186 valence electrons. The van der Waals surface area contributed by atoms with Crippen LogP contribution in [0.5, 0.6) is 0 Å². The number of nitrogens with one attached hydrogen (secondary N) is 1. The number of thiazole rings is 1. The molecular formula is C25H21BrFN3O4S2. The Labute approximate surface area is 220 Å². The standard InChI is InChI=1S/C25H21BrFN3O4S2/c26-17-5-12-22-23(14-17)35-25(28-22)30(15-20-2-1-13-34-20)24(31)16-3-8-19(9-4-16)29-36(32,33)21-10-6-18(27)7-11-21/h3-12,14,20,29H,1-2,13,15H2. The second-order valence-corrected chi connectivity index (χ2v) is 11.9. The average Bonchev–Trinajstić information content (AvgIpc) is 3.52. The highest BCUT2D eigenvalue weighted by Crippen LogP contribution is 2.32.